The van der Waals surface area contributed by atoms with Crippen LogP contribution in [0, 0.1) is 6.92 Å². The van der Waals surface area contributed by atoms with E-state index in [-0.39, 0.29) is 11.3 Å². The molecule has 0 spiro atoms. The summed E-state index contributed by atoms with van der Waals surface area (Å²) in [4.78, 5) is 29.9. The first-order valence-corrected chi connectivity index (χ1v) is 12.5. The summed E-state index contributed by atoms with van der Waals surface area (Å²) in [6, 6.07) is 21.8. The molecular formula is C29H29BrN2O4. The number of aliphatic hydroxyl groups is 1. The van der Waals surface area contributed by atoms with E-state index in [1.54, 1.807) is 12.1 Å². The summed E-state index contributed by atoms with van der Waals surface area (Å²) in [5.41, 5.74) is 3.22. The molecule has 3 aromatic carbocycles. The van der Waals surface area contributed by atoms with Crippen molar-refractivity contribution in [3.05, 3.63) is 105 Å². The van der Waals surface area contributed by atoms with Crippen LogP contribution in [0.3, 0.4) is 0 Å². The van der Waals surface area contributed by atoms with Crippen LogP contribution in [-0.4, -0.2) is 53.8 Å². The molecule has 1 heterocycles. The maximum Gasteiger partial charge on any atom is 0.295 e. The van der Waals surface area contributed by atoms with Crippen molar-refractivity contribution in [2.24, 2.45) is 0 Å². The molecule has 1 unspecified atom stereocenters. The van der Waals surface area contributed by atoms with Crippen LogP contribution in [0.15, 0.2) is 82.8 Å². The maximum absolute atomic E-state index is 13.2. The number of carbonyl (C=O) groups excluding carboxylic acids is 2. The fraction of sp³-hybridized carbons (Fsp3) is 0.241. The van der Waals surface area contributed by atoms with E-state index < -0.39 is 17.7 Å². The van der Waals surface area contributed by atoms with Crippen molar-refractivity contribution in [3.8, 4) is 5.75 Å². The zero-order chi connectivity index (χ0) is 25.8. The van der Waals surface area contributed by atoms with Gasteiger partial charge in [-0.05, 0) is 62.0 Å². The molecule has 1 aliphatic heterocycles. The first-order valence-electron chi connectivity index (χ1n) is 11.7. The average molecular weight is 549 g/mol. The molecule has 1 atom stereocenters. The van der Waals surface area contributed by atoms with Gasteiger partial charge < -0.3 is 19.6 Å². The number of carbonyl (C=O) groups is 2. The van der Waals surface area contributed by atoms with Gasteiger partial charge in [0.25, 0.3) is 11.7 Å². The third-order valence-electron chi connectivity index (χ3n) is 6.18. The van der Waals surface area contributed by atoms with E-state index in [2.05, 4.69) is 15.9 Å². The molecule has 7 heteroatoms. The van der Waals surface area contributed by atoms with Gasteiger partial charge in [0.05, 0.1) is 11.6 Å². The fourth-order valence-electron chi connectivity index (χ4n) is 4.23. The SMILES string of the molecule is Cc1cc(/C(O)=C2/C(=O)C(=O)N(CCN(C)C)C2c2cccc(OCc3ccccc3)c2)ccc1Br. The number of nitrogens with zero attached hydrogens (tertiary/aromatic N) is 2. The molecule has 4 rings (SSSR count). The molecule has 6 nitrogen and oxygen atoms in total. The number of ketones is 1. The standard InChI is InChI=1S/C29H29BrN2O4/c1-19-16-22(12-13-24(19)30)27(33)25-26(32(15-14-31(2)3)29(35)28(25)34)21-10-7-11-23(17-21)36-18-20-8-5-4-6-9-20/h4-13,16-17,26,33H,14-15,18H2,1-3H3/b27-25-. The van der Waals surface area contributed by atoms with Crippen molar-refractivity contribution in [3.63, 3.8) is 0 Å². The highest BCUT2D eigenvalue weighted by Gasteiger charge is 2.46. The number of Topliss-reactive ketones (excluding diaryl/α,β-unsaturated/α-hetero) is 1. The van der Waals surface area contributed by atoms with Gasteiger partial charge in [0.15, 0.2) is 0 Å². The molecule has 0 aromatic heterocycles. The van der Waals surface area contributed by atoms with Crippen LogP contribution in [0.4, 0.5) is 0 Å². The molecule has 3 aromatic rings. The van der Waals surface area contributed by atoms with E-state index in [0.717, 1.165) is 15.6 Å². The molecule has 1 saturated heterocycles. The van der Waals surface area contributed by atoms with Gasteiger partial charge in [-0.25, -0.2) is 0 Å². The second-order valence-corrected chi connectivity index (χ2v) is 9.96. The van der Waals surface area contributed by atoms with Crippen LogP contribution < -0.4 is 4.74 Å². The van der Waals surface area contributed by atoms with Gasteiger partial charge in [-0.3, -0.25) is 9.59 Å². The smallest absolute Gasteiger partial charge is 0.295 e. The maximum atomic E-state index is 13.2. The molecule has 1 amide bonds. The highest BCUT2D eigenvalue weighted by Crippen LogP contribution is 2.40. The second kappa shape index (κ2) is 11.1. The van der Waals surface area contributed by atoms with Crippen LogP contribution in [0.5, 0.6) is 5.75 Å². The number of amides is 1. The van der Waals surface area contributed by atoms with E-state index >= 15 is 0 Å². The number of benzene rings is 3. The minimum Gasteiger partial charge on any atom is -0.507 e. The molecule has 1 N–H and O–H groups in total. The van der Waals surface area contributed by atoms with Gasteiger partial charge in [0.1, 0.15) is 18.1 Å². The first kappa shape index (κ1) is 25.7. The number of aryl methyl sites for hydroxylation is 1. The normalized spacial score (nSPS) is 17.1. The molecule has 1 fully saturated rings. The number of rotatable bonds is 8. The third-order valence-corrected chi connectivity index (χ3v) is 7.07. The number of likely N-dealkylation sites (tertiary alicyclic amines) is 1. The van der Waals surface area contributed by atoms with Gasteiger partial charge in [0.2, 0.25) is 0 Å². The molecule has 186 valence electrons. The van der Waals surface area contributed by atoms with Crippen molar-refractivity contribution in [1.29, 1.82) is 0 Å². The first-order chi connectivity index (χ1) is 17.3. The summed E-state index contributed by atoms with van der Waals surface area (Å²) in [7, 11) is 3.82. The molecule has 0 saturated carbocycles. The number of hydrogen-bond donors (Lipinski definition) is 1. The Bertz CT molecular complexity index is 1300. The monoisotopic (exact) mass is 548 g/mol. The molecular weight excluding hydrogens is 520 g/mol. The van der Waals surface area contributed by atoms with Gasteiger partial charge in [0, 0.05) is 23.1 Å². The van der Waals surface area contributed by atoms with Gasteiger partial charge in [-0.15, -0.1) is 0 Å². The largest absolute Gasteiger partial charge is 0.507 e. The summed E-state index contributed by atoms with van der Waals surface area (Å²) >= 11 is 3.47. The Hall–Kier alpha value is -3.42. The lowest BCUT2D eigenvalue weighted by Crippen LogP contribution is -2.35. The average Bonchev–Trinajstić information content (AvgIpc) is 3.13. The minimum absolute atomic E-state index is 0.0840. The Morgan fingerprint density at radius 2 is 1.78 bits per heavy atom. The van der Waals surface area contributed by atoms with Gasteiger partial charge in [-0.1, -0.05) is 64.5 Å². The summed E-state index contributed by atoms with van der Waals surface area (Å²) < 4.78 is 6.90. The lowest BCUT2D eigenvalue weighted by Gasteiger charge is -2.27. The Labute approximate surface area is 219 Å². The zero-order valence-electron chi connectivity index (χ0n) is 20.6. The van der Waals surface area contributed by atoms with Crippen LogP contribution in [0.25, 0.3) is 5.76 Å². The molecule has 1 aliphatic rings. The number of halogens is 1. The predicted molar refractivity (Wildman–Crippen MR) is 144 cm³/mol. The predicted octanol–water partition coefficient (Wildman–Crippen LogP) is 5.32. The van der Waals surface area contributed by atoms with Crippen molar-refractivity contribution in [1.82, 2.24) is 9.80 Å². The van der Waals surface area contributed by atoms with E-state index in [4.69, 9.17) is 4.74 Å². The minimum atomic E-state index is -0.728. The van der Waals surface area contributed by atoms with E-state index in [1.165, 1.54) is 4.90 Å². The summed E-state index contributed by atoms with van der Waals surface area (Å²) in [6.45, 7) is 3.21. The Balaban J connectivity index is 1.75. The Kier molecular flexibility index (Phi) is 7.91. The van der Waals surface area contributed by atoms with Crippen molar-refractivity contribution >= 4 is 33.4 Å². The number of hydrogen-bond acceptors (Lipinski definition) is 5. The Morgan fingerprint density at radius 1 is 1.03 bits per heavy atom. The topological polar surface area (TPSA) is 70.1 Å². The van der Waals surface area contributed by atoms with Crippen molar-refractivity contribution in [2.45, 2.75) is 19.6 Å². The van der Waals surface area contributed by atoms with Crippen LogP contribution >= 0.6 is 15.9 Å². The molecule has 36 heavy (non-hydrogen) atoms. The lowest BCUT2D eigenvalue weighted by molar-refractivity contribution is -0.140. The fourth-order valence-corrected chi connectivity index (χ4v) is 4.47. The highest BCUT2D eigenvalue weighted by atomic mass is 79.9. The van der Waals surface area contributed by atoms with Crippen molar-refractivity contribution in [2.75, 3.05) is 27.2 Å². The molecule has 0 radical (unpaired) electrons. The Morgan fingerprint density at radius 3 is 2.47 bits per heavy atom. The summed E-state index contributed by atoms with van der Waals surface area (Å²) in [5.74, 6) is -0.869. The highest BCUT2D eigenvalue weighted by molar-refractivity contribution is 9.10. The molecule has 0 aliphatic carbocycles. The van der Waals surface area contributed by atoms with E-state index in [9.17, 15) is 14.7 Å². The van der Waals surface area contributed by atoms with E-state index in [0.29, 0.717) is 36.6 Å². The van der Waals surface area contributed by atoms with Crippen LogP contribution in [0.1, 0.15) is 28.3 Å². The second-order valence-electron chi connectivity index (χ2n) is 9.11. The summed E-state index contributed by atoms with van der Waals surface area (Å²) in [5, 5.41) is 11.3. The summed E-state index contributed by atoms with van der Waals surface area (Å²) in [6.07, 6.45) is 0. The zero-order valence-corrected chi connectivity index (χ0v) is 22.2. The van der Waals surface area contributed by atoms with Gasteiger partial charge >= 0.3 is 0 Å². The van der Waals surface area contributed by atoms with Crippen LogP contribution in [0.2, 0.25) is 0 Å². The third kappa shape index (κ3) is 5.53. The van der Waals surface area contributed by atoms with Gasteiger partial charge in [-0.2, -0.15) is 0 Å². The molecule has 0 bridgehead atoms. The quantitative estimate of drug-likeness (QED) is 0.234. The van der Waals surface area contributed by atoms with Crippen molar-refractivity contribution < 1.29 is 19.4 Å². The number of aliphatic hydroxyl groups excluding tert-OH is 1. The lowest BCUT2D eigenvalue weighted by atomic mass is 9.94. The van der Waals surface area contributed by atoms with Crippen LogP contribution in [-0.2, 0) is 16.2 Å². The number of likely N-dealkylation sites (N-methyl/N-ethyl adjacent to an activating group) is 1. The van der Waals surface area contributed by atoms with E-state index in [1.807, 2.05) is 86.6 Å². The number of ether oxygens (including phenoxy) is 1.